The molecule has 9 nitrogen and oxygen atoms in total. The molecule has 1 aliphatic rings. The van der Waals surface area contributed by atoms with Crippen LogP contribution in [0.3, 0.4) is 0 Å². The van der Waals surface area contributed by atoms with Gasteiger partial charge in [-0.05, 0) is 25.0 Å². The SMILES string of the molecule is NC(=O)c1cc(F)c(NC2CCCCC2N)nc1Nc1cncc(NC=O)c1. The minimum absolute atomic E-state index is 0.00928. The molecule has 2 aromatic heterocycles. The number of pyridine rings is 2. The molecule has 7 N–H and O–H groups in total. The zero-order valence-corrected chi connectivity index (χ0v) is 15.1. The molecule has 2 heterocycles. The Hall–Kier alpha value is -3.27. The number of carbonyl (C=O) groups excluding carboxylic acids is 2. The van der Waals surface area contributed by atoms with E-state index in [1.54, 1.807) is 6.07 Å². The normalized spacial score (nSPS) is 18.9. The zero-order valence-electron chi connectivity index (χ0n) is 15.1. The molecule has 0 aliphatic heterocycles. The van der Waals surface area contributed by atoms with Gasteiger partial charge in [0.1, 0.15) is 5.82 Å². The Morgan fingerprint density at radius 3 is 2.64 bits per heavy atom. The monoisotopic (exact) mass is 387 g/mol. The highest BCUT2D eigenvalue weighted by Crippen LogP contribution is 2.27. The van der Waals surface area contributed by atoms with Crippen LogP contribution in [0.5, 0.6) is 0 Å². The Labute approximate surface area is 161 Å². The van der Waals surface area contributed by atoms with Gasteiger partial charge in [0.15, 0.2) is 11.6 Å². The van der Waals surface area contributed by atoms with Crippen LogP contribution in [0.25, 0.3) is 0 Å². The summed E-state index contributed by atoms with van der Waals surface area (Å²) in [5.41, 5.74) is 12.3. The first kappa shape index (κ1) is 19.5. The Morgan fingerprint density at radius 2 is 1.93 bits per heavy atom. The van der Waals surface area contributed by atoms with Crippen molar-refractivity contribution in [3.63, 3.8) is 0 Å². The van der Waals surface area contributed by atoms with E-state index in [4.69, 9.17) is 11.5 Å². The van der Waals surface area contributed by atoms with Crippen LogP contribution in [0.4, 0.5) is 27.4 Å². The van der Waals surface area contributed by atoms with Crippen LogP contribution in [0.2, 0.25) is 0 Å². The second-order valence-electron chi connectivity index (χ2n) is 6.63. The van der Waals surface area contributed by atoms with Crippen LogP contribution >= 0.6 is 0 Å². The van der Waals surface area contributed by atoms with Crippen LogP contribution in [-0.2, 0) is 4.79 Å². The average Bonchev–Trinajstić information content (AvgIpc) is 2.66. The quantitative estimate of drug-likeness (QED) is 0.454. The molecule has 1 saturated carbocycles. The molecule has 1 fully saturated rings. The van der Waals surface area contributed by atoms with E-state index in [2.05, 4.69) is 25.9 Å². The standard InChI is InChI=1S/C18H22FN7O2/c19-13-6-12(16(21)28)17(24-11-5-10(23-9-27)7-22-8-11)26-18(13)25-15-4-2-1-3-14(15)20/h5-9,14-15H,1-4,20H2,(H2,21,28)(H,23,27)(H2,24,25,26). The van der Waals surface area contributed by atoms with E-state index >= 15 is 0 Å². The third kappa shape index (κ3) is 4.52. The van der Waals surface area contributed by atoms with Crippen molar-refractivity contribution in [3.05, 3.63) is 35.9 Å². The van der Waals surface area contributed by atoms with E-state index < -0.39 is 11.7 Å². The third-order valence-electron chi connectivity index (χ3n) is 4.61. The average molecular weight is 387 g/mol. The van der Waals surface area contributed by atoms with Gasteiger partial charge in [-0.3, -0.25) is 14.6 Å². The van der Waals surface area contributed by atoms with Crippen molar-refractivity contribution in [2.45, 2.75) is 37.8 Å². The Bertz CT molecular complexity index is 877. The second kappa shape index (κ2) is 8.61. The van der Waals surface area contributed by atoms with Gasteiger partial charge in [-0.15, -0.1) is 0 Å². The smallest absolute Gasteiger partial charge is 0.252 e. The van der Waals surface area contributed by atoms with Crippen LogP contribution in [0.1, 0.15) is 36.0 Å². The number of halogens is 1. The van der Waals surface area contributed by atoms with Gasteiger partial charge in [0, 0.05) is 12.1 Å². The first-order chi connectivity index (χ1) is 13.5. The maximum atomic E-state index is 14.5. The molecule has 0 spiro atoms. The molecule has 28 heavy (non-hydrogen) atoms. The zero-order chi connectivity index (χ0) is 20.1. The third-order valence-corrected chi connectivity index (χ3v) is 4.61. The van der Waals surface area contributed by atoms with E-state index in [1.807, 2.05) is 0 Å². The molecule has 2 aromatic rings. The van der Waals surface area contributed by atoms with Crippen molar-refractivity contribution in [2.75, 3.05) is 16.0 Å². The summed E-state index contributed by atoms with van der Waals surface area (Å²) in [7, 11) is 0. The highest BCUT2D eigenvalue weighted by Gasteiger charge is 2.24. The van der Waals surface area contributed by atoms with Crippen molar-refractivity contribution in [1.29, 1.82) is 0 Å². The van der Waals surface area contributed by atoms with Gasteiger partial charge < -0.3 is 27.4 Å². The molecule has 2 amide bonds. The lowest BCUT2D eigenvalue weighted by molar-refractivity contribution is -0.105. The first-order valence-corrected chi connectivity index (χ1v) is 8.92. The molecular formula is C18H22FN7O2. The molecule has 2 atom stereocenters. The summed E-state index contributed by atoms with van der Waals surface area (Å²) < 4.78 is 14.5. The van der Waals surface area contributed by atoms with Gasteiger partial charge in [-0.25, -0.2) is 9.37 Å². The first-order valence-electron chi connectivity index (χ1n) is 8.92. The molecule has 1 aliphatic carbocycles. The fourth-order valence-electron chi connectivity index (χ4n) is 3.18. The predicted octanol–water partition coefficient (Wildman–Crippen LogP) is 1.71. The van der Waals surface area contributed by atoms with Crippen LogP contribution in [-0.4, -0.2) is 34.4 Å². The van der Waals surface area contributed by atoms with E-state index in [0.717, 1.165) is 31.7 Å². The summed E-state index contributed by atoms with van der Waals surface area (Å²) in [6.45, 7) is 0. The molecule has 10 heteroatoms. The maximum absolute atomic E-state index is 14.5. The van der Waals surface area contributed by atoms with Gasteiger partial charge >= 0.3 is 0 Å². The number of nitrogens with one attached hydrogen (secondary N) is 3. The molecule has 3 rings (SSSR count). The molecule has 0 radical (unpaired) electrons. The fraction of sp³-hybridized carbons (Fsp3) is 0.333. The summed E-state index contributed by atoms with van der Waals surface area (Å²) >= 11 is 0. The van der Waals surface area contributed by atoms with E-state index in [9.17, 15) is 14.0 Å². The lowest BCUT2D eigenvalue weighted by Gasteiger charge is -2.30. The number of amides is 2. The van der Waals surface area contributed by atoms with Crippen LogP contribution in [0.15, 0.2) is 24.5 Å². The highest BCUT2D eigenvalue weighted by atomic mass is 19.1. The molecule has 148 valence electrons. The van der Waals surface area contributed by atoms with Gasteiger partial charge in [0.25, 0.3) is 5.91 Å². The number of aromatic nitrogens is 2. The topological polar surface area (TPSA) is 148 Å². The number of nitrogens with two attached hydrogens (primary N) is 2. The molecule has 0 bridgehead atoms. The predicted molar refractivity (Wildman–Crippen MR) is 104 cm³/mol. The number of hydrogen-bond acceptors (Lipinski definition) is 7. The largest absolute Gasteiger partial charge is 0.365 e. The van der Waals surface area contributed by atoms with Crippen LogP contribution in [0, 0.1) is 5.82 Å². The van der Waals surface area contributed by atoms with Crippen molar-refractivity contribution in [1.82, 2.24) is 9.97 Å². The summed E-state index contributed by atoms with van der Waals surface area (Å²) in [5.74, 6) is -1.45. The maximum Gasteiger partial charge on any atom is 0.252 e. The minimum atomic E-state index is -0.829. The number of anilines is 4. The summed E-state index contributed by atoms with van der Waals surface area (Å²) in [6.07, 6.45) is 7.14. The minimum Gasteiger partial charge on any atom is -0.365 e. The van der Waals surface area contributed by atoms with E-state index in [1.165, 1.54) is 12.4 Å². The number of nitrogens with zero attached hydrogens (tertiary/aromatic N) is 2. The number of hydrogen-bond donors (Lipinski definition) is 5. The van der Waals surface area contributed by atoms with Crippen molar-refractivity contribution in [3.8, 4) is 0 Å². The summed E-state index contributed by atoms with van der Waals surface area (Å²) in [6, 6.07) is 2.42. The van der Waals surface area contributed by atoms with E-state index in [-0.39, 0.29) is 29.3 Å². The molecule has 0 saturated heterocycles. The summed E-state index contributed by atoms with van der Waals surface area (Å²) in [5, 5.41) is 8.42. The molecular weight excluding hydrogens is 365 g/mol. The second-order valence-corrected chi connectivity index (χ2v) is 6.63. The van der Waals surface area contributed by atoms with Gasteiger partial charge in [0.05, 0.1) is 29.3 Å². The van der Waals surface area contributed by atoms with Crippen molar-refractivity contribution in [2.24, 2.45) is 11.5 Å². The van der Waals surface area contributed by atoms with Crippen molar-refractivity contribution < 1.29 is 14.0 Å². The lowest BCUT2D eigenvalue weighted by atomic mass is 9.91. The van der Waals surface area contributed by atoms with Gasteiger partial charge in [-0.2, -0.15) is 0 Å². The Kier molecular flexibility index (Phi) is 5.99. The number of carbonyl (C=O) groups is 2. The summed E-state index contributed by atoms with van der Waals surface area (Å²) in [4.78, 5) is 30.5. The number of rotatable bonds is 7. The molecule has 0 aromatic carbocycles. The Morgan fingerprint density at radius 1 is 1.18 bits per heavy atom. The number of primary amides is 1. The van der Waals surface area contributed by atoms with Crippen LogP contribution < -0.4 is 27.4 Å². The fourth-order valence-corrected chi connectivity index (χ4v) is 3.18. The van der Waals surface area contributed by atoms with E-state index in [0.29, 0.717) is 17.8 Å². The Balaban J connectivity index is 1.91. The van der Waals surface area contributed by atoms with Gasteiger partial charge in [0.2, 0.25) is 6.41 Å². The highest BCUT2D eigenvalue weighted by molar-refractivity contribution is 5.98. The van der Waals surface area contributed by atoms with Gasteiger partial charge in [-0.1, -0.05) is 12.8 Å². The lowest BCUT2D eigenvalue weighted by Crippen LogP contribution is -2.43. The molecule has 2 unspecified atom stereocenters. The van der Waals surface area contributed by atoms with Crippen molar-refractivity contribution >= 4 is 35.3 Å².